The summed E-state index contributed by atoms with van der Waals surface area (Å²) in [4.78, 5) is 35.9. The number of ether oxygens (including phenoxy) is 2. The fourth-order valence-corrected chi connectivity index (χ4v) is 5.43. The second-order valence-corrected chi connectivity index (χ2v) is 10.8. The third kappa shape index (κ3) is 7.04. The molecule has 1 aliphatic heterocycles. The van der Waals surface area contributed by atoms with Gasteiger partial charge in [0.2, 0.25) is 10.0 Å². The van der Waals surface area contributed by atoms with Crippen LogP contribution in [-0.4, -0.2) is 68.6 Å². The predicted octanol–water partition coefficient (Wildman–Crippen LogP) is 2.10. The van der Waals surface area contributed by atoms with Gasteiger partial charge in [-0.2, -0.15) is 4.72 Å². The van der Waals surface area contributed by atoms with E-state index < -0.39 is 27.6 Å². The van der Waals surface area contributed by atoms with Crippen LogP contribution in [0.4, 0.5) is 0 Å². The minimum Gasteiger partial charge on any atom is -0.493 e. The summed E-state index contributed by atoms with van der Waals surface area (Å²) in [6, 6.07) is 7.44. The molecule has 1 aliphatic rings. The molecule has 4 N–H and O–H groups in total. The van der Waals surface area contributed by atoms with Crippen LogP contribution in [0.25, 0.3) is 17.0 Å². The van der Waals surface area contributed by atoms with Gasteiger partial charge in [0.15, 0.2) is 11.5 Å². The Kier molecular flexibility index (Phi) is 9.17. The molecule has 12 nitrogen and oxygen atoms in total. The van der Waals surface area contributed by atoms with Crippen LogP contribution in [0.1, 0.15) is 30.7 Å². The molecule has 0 aliphatic carbocycles. The minimum atomic E-state index is -4.27. The van der Waals surface area contributed by atoms with Gasteiger partial charge in [-0.05, 0) is 42.7 Å². The van der Waals surface area contributed by atoms with E-state index in [0.717, 1.165) is 37.2 Å². The standard InChI is InChI=1S/C27H31N5O7S/c1-38-22-11-9-18(15-23(22)39-2)40(36,37)32-21(27(34)35)16-25-30-20-10-8-17(14-19(20)26(33)31-25)6-5-13-29-24-7-3-4-12-28-24/h5-6,8-11,14-15,21,32H,3-4,7,12-13,16H2,1-2H3,(H,28,29)(H,34,35)(H,30,31,33)/t21-/m0/s1. The summed E-state index contributed by atoms with van der Waals surface area (Å²) >= 11 is 0. The summed E-state index contributed by atoms with van der Waals surface area (Å²) in [5.74, 6) is 0.0924. The number of carboxylic acid groups (broad SMARTS) is 1. The Balaban J connectivity index is 1.49. The lowest BCUT2D eigenvalue weighted by molar-refractivity contribution is -0.139. The molecule has 0 unspecified atom stereocenters. The van der Waals surface area contributed by atoms with Gasteiger partial charge >= 0.3 is 5.97 Å². The Bertz CT molecular complexity index is 1620. The van der Waals surface area contributed by atoms with Gasteiger partial charge in [0.05, 0.1) is 35.9 Å². The van der Waals surface area contributed by atoms with Crippen molar-refractivity contribution in [1.29, 1.82) is 0 Å². The van der Waals surface area contributed by atoms with E-state index in [1.807, 2.05) is 12.2 Å². The largest absolute Gasteiger partial charge is 0.493 e. The maximum Gasteiger partial charge on any atom is 0.322 e. The molecule has 0 spiro atoms. The zero-order valence-electron chi connectivity index (χ0n) is 22.1. The van der Waals surface area contributed by atoms with Crippen molar-refractivity contribution in [3.8, 4) is 11.5 Å². The highest BCUT2D eigenvalue weighted by Gasteiger charge is 2.27. The van der Waals surface area contributed by atoms with Crippen LogP contribution in [-0.2, 0) is 21.2 Å². The summed E-state index contributed by atoms with van der Waals surface area (Å²) in [5.41, 5.74) is 0.695. The lowest BCUT2D eigenvalue weighted by Gasteiger charge is -2.16. The topological polar surface area (TPSA) is 172 Å². The van der Waals surface area contributed by atoms with Crippen molar-refractivity contribution in [2.75, 3.05) is 27.3 Å². The van der Waals surface area contributed by atoms with E-state index in [0.29, 0.717) is 23.2 Å². The average Bonchev–Trinajstić information content (AvgIpc) is 2.95. The van der Waals surface area contributed by atoms with Gasteiger partial charge in [-0.3, -0.25) is 14.6 Å². The van der Waals surface area contributed by atoms with Crippen LogP contribution in [0, 0.1) is 0 Å². The SMILES string of the molecule is COc1ccc(S(=O)(=O)N[C@@H](Cc2nc3ccc(C=CCNC4=NCCCC4)cc3c(=O)[nH]2)C(=O)O)cc1OC. The monoisotopic (exact) mass is 569 g/mol. The summed E-state index contributed by atoms with van der Waals surface area (Å²) in [5, 5.41) is 13.3. The van der Waals surface area contributed by atoms with Gasteiger partial charge in [-0.15, -0.1) is 0 Å². The first-order chi connectivity index (χ1) is 19.2. The van der Waals surface area contributed by atoms with Gasteiger partial charge in [-0.25, -0.2) is 13.4 Å². The van der Waals surface area contributed by atoms with E-state index in [1.165, 1.54) is 32.4 Å². The van der Waals surface area contributed by atoms with Crippen LogP contribution in [0.2, 0.25) is 0 Å². The number of nitrogens with one attached hydrogen (secondary N) is 3. The van der Waals surface area contributed by atoms with Crippen LogP contribution in [0.3, 0.4) is 0 Å². The Morgan fingerprint density at radius 3 is 2.65 bits per heavy atom. The molecule has 3 aromatic rings. The smallest absolute Gasteiger partial charge is 0.322 e. The van der Waals surface area contributed by atoms with Crippen molar-refractivity contribution in [3.63, 3.8) is 0 Å². The number of sulfonamides is 1. The summed E-state index contributed by atoms with van der Waals surface area (Å²) in [6.07, 6.45) is 6.64. The number of aromatic amines is 1. The first-order valence-corrected chi connectivity index (χ1v) is 14.1. The normalized spacial score (nSPS) is 14.6. The molecular formula is C27H31N5O7S. The van der Waals surface area contributed by atoms with Crippen molar-refractivity contribution >= 4 is 38.8 Å². The van der Waals surface area contributed by atoms with E-state index in [4.69, 9.17) is 9.47 Å². The van der Waals surface area contributed by atoms with E-state index >= 15 is 0 Å². The predicted molar refractivity (Wildman–Crippen MR) is 151 cm³/mol. The maximum atomic E-state index is 12.9. The van der Waals surface area contributed by atoms with Crippen molar-refractivity contribution in [3.05, 3.63) is 64.2 Å². The lowest BCUT2D eigenvalue weighted by atomic mass is 10.1. The molecule has 0 saturated carbocycles. The van der Waals surface area contributed by atoms with Crippen LogP contribution < -0.4 is 25.1 Å². The van der Waals surface area contributed by atoms with E-state index in [1.54, 1.807) is 18.2 Å². The number of nitrogens with zero attached hydrogens (tertiary/aromatic N) is 2. The molecule has 13 heteroatoms. The number of aliphatic imine (C=N–C) groups is 1. The average molecular weight is 570 g/mol. The van der Waals surface area contributed by atoms with Crippen LogP contribution >= 0.6 is 0 Å². The zero-order chi connectivity index (χ0) is 28.7. The summed E-state index contributed by atoms with van der Waals surface area (Å²) < 4.78 is 38.3. The zero-order valence-corrected chi connectivity index (χ0v) is 23.0. The molecule has 0 radical (unpaired) electrons. The van der Waals surface area contributed by atoms with Crippen LogP contribution in [0.15, 0.2) is 57.2 Å². The number of hydrogen-bond donors (Lipinski definition) is 4. The number of amidine groups is 1. The van der Waals surface area contributed by atoms with E-state index in [-0.39, 0.29) is 22.9 Å². The molecule has 2 heterocycles. The fourth-order valence-electron chi connectivity index (χ4n) is 4.23. The fraction of sp³-hybridized carbons (Fsp3) is 0.333. The molecular weight excluding hydrogens is 538 g/mol. The number of benzene rings is 2. The number of H-pyrrole nitrogens is 1. The number of aliphatic carboxylic acids is 1. The van der Waals surface area contributed by atoms with Gasteiger partial charge in [0, 0.05) is 32.0 Å². The van der Waals surface area contributed by atoms with Crippen LogP contribution in [0.5, 0.6) is 11.5 Å². The van der Waals surface area contributed by atoms with Gasteiger partial charge in [0.1, 0.15) is 11.9 Å². The third-order valence-electron chi connectivity index (χ3n) is 6.30. The number of fused-ring (bicyclic) bond motifs is 1. The molecule has 0 bridgehead atoms. The Morgan fingerprint density at radius 2 is 1.95 bits per heavy atom. The van der Waals surface area contributed by atoms with Crippen molar-refractivity contribution < 1.29 is 27.8 Å². The number of methoxy groups -OCH3 is 2. The molecule has 212 valence electrons. The maximum absolute atomic E-state index is 12.9. The molecule has 1 aromatic heterocycles. The quantitative estimate of drug-likeness (QED) is 0.270. The highest BCUT2D eigenvalue weighted by molar-refractivity contribution is 7.89. The van der Waals surface area contributed by atoms with E-state index in [2.05, 4.69) is 25.0 Å². The highest BCUT2D eigenvalue weighted by atomic mass is 32.2. The molecule has 0 saturated heterocycles. The van der Waals surface area contributed by atoms with Crippen molar-refractivity contribution in [1.82, 2.24) is 20.0 Å². The molecule has 4 rings (SSSR count). The van der Waals surface area contributed by atoms with Crippen molar-refractivity contribution in [2.24, 2.45) is 4.99 Å². The second-order valence-electron chi connectivity index (χ2n) is 9.09. The Hall–Kier alpha value is -4.23. The highest BCUT2D eigenvalue weighted by Crippen LogP contribution is 2.29. The minimum absolute atomic E-state index is 0.0284. The van der Waals surface area contributed by atoms with Gasteiger partial charge in [0.25, 0.3) is 5.56 Å². The molecule has 1 atom stereocenters. The van der Waals surface area contributed by atoms with Gasteiger partial charge < -0.3 is 24.9 Å². The summed E-state index contributed by atoms with van der Waals surface area (Å²) in [6.45, 7) is 1.46. The first-order valence-electron chi connectivity index (χ1n) is 12.6. The van der Waals surface area contributed by atoms with Gasteiger partial charge in [-0.1, -0.05) is 18.2 Å². The number of rotatable bonds is 11. The summed E-state index contributed by atoms with van der Waals surface area (Å²) in [7, 11) is -1.50. The molecule has 0 fully saturated rings. The number of carbonyl (C=O) groups is 1. The van der Waals surface area contributed by atoms with E-state index in [9.17, 15) is 23.1 Å². The number of hydrogen-bond acceptors (Lipinski definition) is 9. The Morgan fingerprint density at radius 1 is 1.15 bits per heavy atom. The first kappa shape index (κ1) is 28.8. The molecule has 40 heavy (non-hydrogen) atoms. The number of aromatic nitrogens is 2. The van der Waals surface area contributed by atoms with Crippen molar-refractivity contribution in [2.45, 2.75) is 36.6 Å². The molecule has 2 aromatic carbocycles. The third-order valence-corrected chi connectivity index (χ3v) is 7.76. The second kappa shape index (κ2) is 12.7. The lowest BCUT2D eigenvalue weighted by Crippen LogP contribution is -2.42. The number of carboxylic acids is 1. The Labute approximate surface area is 231 Å². The molecule has 0 amide bonds.